The molecule has 0 bridgehead atoms. The molecule has 2 N–H and O–H groups in total. The van der Waals surface area contributed by atoms with Crippen molar-refractivity contribution in [3.8, 4) is 0 Å². The molecule has 7 heteroatoms. The van der Waals surface area contributed by atoms with E-state index in [2.05, 4.69) is 29.9 Å². The Morgan fingerprint density at radius 1 is 1.57 bits per heavy atom. The summed E-state index contributed by atoms with van der Waals surface area (Å²) >= 11 is 1.85. The van der Waals surface area contributed by atoms with Crippen LogP contribution in [0.15, 0.2) is 23.1 Å². The molecule has 2 aliphatic heterocycles. The van der Waals surface area contributed by atoms with Crippen LogP contribution in [-0.2, 0) is 16.0 Å². The fraction of sp³-hybridized carbons (Fsp3) is 0.500. The Hall–Kier alpha value is -1.44. The molecule has 0 unspecified atom stereocenters. The van der Waals surface area contributed by atoms with Gasteiger partial charge in [-0.1, -0.05) is 6.92 Å². The summed E-state index contributed by atoms with van der Waals surface area (Å²) < 4.78 is 10.1. The summed E-state index contributed by atoms with van der Waals surface area (Å²) in [5.74, 6) is 1.12. The molecule has 114 valence electrons. The van der Waals surface area contributed by atoms with Gasteiger partial charge in [0.05, 0.1) is 25.4 Å². The zero-order valence-corrected chi connectivity index (χ0v) is 12.7. The molecule has 1 aromatic carbocycles. The lowest BCUT2D eigenvalue weighted by Gasteiger charge is -2.26. The molecule has 3 rings (SSSR count). The SMILES string of the molecule is CCCSc1ccc2c(c1)CN(NC(=O)OC1COC1)N2. The van der Waals surface area contributed by atoms with Crippen molar-refractivity contribution in [3.05, 3.63) is 23.8 Å². The quantitative estimate of drug-likeness (QED) is 0.814. The molecule has 0 spiro atoms. The number of thioether (sulfide) groups is 1. The van der Waals surface area contributed by atoms with E-state index in [1.165, 1.54) is 10.5 Å². The summed E-state index contributed by atoms with van der Waals surface area (Å²) in [6, 6.07) is 6.30. The van der Waals surface area contributed by atoms with Crippen molar-refractivity contribution in [2.24, 2.45) is 0 Å². The van der Waals surface area contributed by atoms with E-state index in [0.29, 0.717) is 19.8 Å². The van der Waals surface area contributed by atoms with Crippen LogP contribution in [0.2, 0.25) is 0 Å². The lowest BCUT2D eigenvalue weighted by molar-refractivity contribution is -0.101. The number of carbonyl (C=O) groups is 1. The van der Waals surface area contributed by atoms with Crippen LogP contribution in [0.3, 0.4) is 0 Å². The Labute approximate surface area is 128 Å². The van der Waals surface area contributed by atoms with Gasteiger partial charge in [0.25, 0.3) is 0 Å². The summed E-state index contributed by atoms with van der Waals surface area (Å²) in [5.41, 5.74) is 8.01. The third kappa shape index (κ3) is 3.61. The number of rotatable bonds is 5. The predicted octanol–water partition coefficient (Wildman–Crippen LogP) is 2.37. The number of hydrogen-bond donors (Lipinski definition) is 2. The smallest absolute Gasteiger partial charge is 0.423 e. The Balaban J connectivity index is 1.52. The van der Waals surface area contributed by atoms with Crippen molar-refractivity contribution in [2.75, 3.05) is 24.4 Å². The highest BCUT2D eigenvalue weighted by Crippen LogP contribution is 2.29. The van der Waals surface area contributed by atoms with Gasteiger partial charge in [-0.15, -0.1) is 16.9 Å². The average molecular weight is 309 g/mol. The first kappa shape index (κ1) is 14.5. The lowest BCUT2D eigenvalue weighted by Crippen LogP contribution is -2.47. The van der Waals surface area contributed by atoms with Crippen LogP contribution < -0.4 is 10.9 Å². The second kappa shape index (κ2) is 6.55. The van der Waals surface area contributed by atoms with Gasteiger partial charge in [0.1, 0.15) is 0 Å². The number of nitrogens with zero attached hydrogens (tertiary/aromatic N) is 1. The molecule has 0 atom stereocenters. The highest BCUT2D eigenvalue weighted by Gasteiger charge is 2.25. The molecule has 0 saturated carbocycles. The van der Waals surface area contributed by atoms with Crippen molar-refractivity contribution < 1.29 is 14.3 Å². The summed E-state index contributed by atoms with van der Waals surface area (Å²) in [4.78, 5) is 12.9. The monoisotopic (exact) mass is 309 g/mol. The average Bonchev–Trinajstić information content (AvgIpc) is 2.82. The standard InChI is InChI=1S/C14H19N3O3S/c1-2-5-21-12-3-4-13-10(6-12)7-17(15-13)16-14(18)20-11-8-19-9-11/h3-4,6,11,15H,2,5,7-9H2,1H3,(H,16,18). The second-order valence-corrected chi connectivity index (χ2v) is 6.21. The molecule has 1 fully saturated rings. The van der Waals surface area contributed by atoms with E-state index < -0.39 is 6.09 Å². The first-order chi connectivity index (χ1) is 10.2. The largest absolute Gasteiger partial charge is 0.440 e. The number of fused-ring (bicyclic) bond motifs is 1. The fourth-order valence-corrected chi connectivity index (χ4v) is 2.94. The third-order valence-electron chi connectivity index (χ3n) is 3.24. The predicted molar refractivity (Wildman–Crippen MR) is 80.8 cm³/mol. The number of carbonyl (C=O) groups excluding carboxylic acids is 1. The second-order valence-electron chi connectivity index (χ2n) is 5.04. The Kier molecular flexibility index (Phi) is 4.52. The Morgan fingerprint density at radius 2 is 2.43 bits per heavy atom. The van der Waals surface area contributed by atoms with Crippen molar-refractivity contribution in [1.29, 1.82) is 0 Å². The summed E-state index contributed by atoms with van der Waals surface area (Å²) in [5, 5.41) is 1.64. The number of hydrazine groups is 2. The first-order valence-corrected chi connectivity index (χ1v) is 8.08. The fourth-order valence-electron chi connectivity index (χ4n) is 2.11. The minimum atomic E-state index is -0.454. The molecule has 2 heterocycles. The van der Waals surface area contributed by atoms with Gasteiger partial charge in [0.15, 0.2) is 6.10 Å². The van der Waals surface area contributed by atoms with Crippen LogP contribution in [0.4, 0.5) is 10.5 Å². The molecular formula is C14H19N3O3S. The zero-order valence-electron chi connectivity index (χ0n) is 11.9. The number of anilines is 1. The normalized spacial score (nSPS) is 17.8. The van der Waals surface area contributed by atoms with Crippen molar-refractivity contribution >= 4 is 23.5 Å². The van der Waals surface area contributed by atoms with Gasteiger partial charge in [0.2, 0.25) is 0 Å². The minimum Gasteiger partial charge on any atom is -0.440 e. The number of ether oxygens (including phenoxy) is 2. The van der Waals surface area contributed by atoms with Gasteiger partial charge in [-0.05, 0) is 35.9 Å². The molecule has 1 saturated heterocycles. The van der Waals surface area contributed by atoms with Crippen LogP contribution in [0.5, 0.6) is 0 Å². The van der Waals surface area contributed by atoms with Crippen molar-refractivity contribution in [1.82, 2.24) is 10.5 Å². The summed E-state index contributed by atoms with van der Waals surface area (Å²) in [6.45, 7) is 3.76. The summed E-state index contributed by atoms with van der Waals surface area (Å²) in [6.07, 6.45) is 0.584. The van der Waals surface area contributed by atoms with E-state index >= 15 is 0 Å². The zero-order chi connectivity index (χ0) is 14.7. The molecule has 6 nitrogen and oxygen atoms in total. The van der Waals surface area contributed by atoms with Gasteiger partial charge in [0, 0.05) is 4.90 Å². The molecule has 0 aliphatic carbocycles. The Morgan fingerprint density at radius 3 is 3.14 bits per heavy atom. The van der Waals surface area contributed by atoms with Gasteiger partial charge in [-0.2, -0.15) is 0 Å². The molecule has 0 radical (unpaired) electrons. The van der Waals surface area contributed by atoms with Crippen LogP contribution in [-0.4, -0.2) is 36.3 Å². The highest BCUT2D eigenvalue weighted by molar-refractivity contribution is 7.99. The summed E-state index contributed by atoms with van der Waals surface area (Å²) in [7, 11) is 0. The maximum Gasteiger partial charge on any atom is 0.423 e. The molecule has 1 aromatic rings. The maximum atomic E-state index is 11.7. The van der Waals surface area contributed by atoms with E-state index in [9.17, 15) is 4.79 Å². The van der Waals surface area contributed by atoms with E-state index in [1.54, 1.807) is 5.12 Å². The third-order valence-corrected chi connectivity index (χ3v) is 4.44. The van der Waals surface area contributed by atoms with Crippen LogP contribution in [0, 0.1) is 0 Å². The number of nitrogens with one attached hydrogen (secondary N) is 2. The van der Waals surface area contributed by atoms with Crippen molar-refractivity contribution in [3.63, 3.8) is 0 Å². The van der Waals surface area contributed by atoms with Crippen LogP contribution >= 0.6 is 11.8 Å². The van der Waals surface area contributed by atoms with E-state index in [0.717, 1.165) is 17.9 Å². The van der Waals surface area contributed by atoms with E-state index in [4.69, 9.17) is 9.47 Å². The van der Waals surface area contributed by atoms with Crippen LogP contribution in [0.1, 0.15) is 18.9 Å². The lowest BCUT2D eigenvalue weighted by atomic mass is 10.2. The van der Waals surface area contributed by atoms with Gasteiger partial charge < -0.3 is 14.9 Å². The highest BCUT2D eigenvalue weighted by atomic mass is 32.2. The molecule has 0 aromatic heterocycles. The number of hydrogen-bond acceptors (Lipinski definition) is 6. The van der Waals surface area contributed by atoms with Crippen molar-refractivity contribution in [2.45, 2.75) is 30.9 Å². The molecular weight excluding hydrogens is 290 g/mol. The molecule has 2 aliphatic rings. The maximum absolute atomic E-state index is 11.7. The van der Waals surface area contributed by atoms with Gasteiger partial charge in [-0.3, -0.25) is 0 Å². The first-order valence-electron chi connectivity index (χ1n) is 7.09. The Bertz CT molecular complexity index is 522. The number of amides is 1. The minimum absolute atomic E-state index is 0.118. The van der Waals surface area contributed by atoms with Crippen LogP contribution in [0.25, 0.3) is 0 Å². The van der Waals surface area contributed by atoms with E-state index in [1.807, 2.05) is 17.8 Å². The topological polar surface area (TPSA) is 62.8 Å². The molecule has 1 amide bonds. The number of benzene rings is 1. The van der Waals surface area contributed by atoms with E-state index in [-0.39, 0.29) is 6.10 Å². The van der Waals surface area contributed by atoms with Gasteiger partial charge in [-0.25, -0.2) is 10.2 Å². The molecule has 21 heavy (non-hydrogen) atoms. The van der Waals surface area contributed by atoms with Gasteiger partial charge >= 0.3 is 6.09 Å².